The van der Waals surface area contributed by atoms with Gasteiger partial charge in [-0.15, -0.1) is 0 Å². The summed E-state index contributed by atoms with van der Waals surface area (Å²) >= 11 is 0. The first kappa shape index (κ1) is 23.7. The molecule has 2 aromatic rings. The standard InChI is InChI=1S/C23H32N2O4S/c1-7-20(18-11-13-19(29-5)14-12-18)24-23(26)21(8-2)25(30(6,27)28)22-15-16(3)9-10-17(22)4/h9-15,20-21H,7-8H2,1-6H3,(H,24,26)/t20-,21-/m1/s1. The molecule has 0 bridgehead atoms. The molecule has 6 nitrogen and oxygen atoms in total. The van der Waals surface area contributed by atoms with E-state index >= 15 is 0 Å². The maximum Gasteiger partial charge on any atom is 0.244 e. The third-order valence-corrected chi connectivity index (χ3v) is 6.34. The highest BCUT2D eigenvalue weighted by Crippen LogP contribution is 2.28. The average Bonchev–Trinajstić information content (AvgIpc) is 2.71. The first-order chi connectivity index (χ1) is 14.1. The summed E-state index contributed by atoms with van der Waals surface area (Å²) in [5.41, 5.74) is 3.22. The molecule has 0 unspecified atom stereocenters. The van der Waals surface area contributed by atoms with Crippen molar-refractivity contribution in [2.24, 2.45) is 0 Å². The molecule has 0 heterocycles. The fourth-order valence-electron chi connectivity index (χ4n) is 3.52. The zero-order chi connectivity index (χ0) is 22.5. The molecule has 0 aliphatic rings. The highest BCUT2D eigenvalue weighted by molar-refractivity contribution is 7.92. The minimum atomic E-state index is -3.67. The lowest BCUT2D eigenvalue weighted by Gasteiger charge is -2.32. The van der Waals surface area contributed by atoms with Crippen molar-refractivity contribution in [1.29, 1.82) is 0 Å². The van der Waals surface area contributed by atoms with E-state index in [1.54, 1.807) is 7.11 Å². The van der Waals surface area contributed by atoms with Crippen LogP contribution in [0.1, 0.15) is 49.4 Å². The molecule has 164 valence electrons. The molecule has 2 rings (SSSR count). The minimum Gasteiger partial charge on any atom is -0.497 e. The van der Waals surface area contributed by atoms with Crippen LogP contribution in [0.15, 0.2) is 42.5 Å². The van der Waals surface area contributed by atoms with Gasteiger partial charge in [-0.1, -0.05) is 38.1 Å². The van der Waals surface area contributed by atoms with E-state index in [9.17, 15) is 13.2 Å². The molecule has 1 N–H and O–H groups in total. The first-order valence-electron chi connectivity index (χ1n) is 10.1. The van der Waals surface area contributed by atoms with Crippen LogP contribution < -0.4 is 14.4 Å². The number of benzene rings is 2. The Balaban J connectivity index is 2.38. The molecule has 0 aliphatic carbocycles. The van der Waals surface area contributed by atoms with E-state index in [1.165, 1.54) is 4.31 Å². The zero-order valence-corrected chi connectivity index (χ0v) is 19.4. The Morgan fingerprint density at radius 3 is 2.20 bits per heavy atom. The lowest BCUT2D eigenvalue weighted by atomic mass is 10.0. The third kappa shape index (κ3) is 5.53. The number of hydrogen-bond acceptors (Lipinski definition) is 4. The quantitative estimate of drug-likeness (QED) is 0.647. The molecule has 0 radical (unpaired) electrons. The van der Waals surface area contributed by atoms with E-state index in [0.29, 0.717) is 18.5 Å². The number of nitrogens with one attached hydrogen (secondary N) is 1. The molecular weight excluding hydrogens is 400 g/mol. The van der Waals surface area contributed by atoms with E-state index < -0.39 is 16.1 Å². The van der Waals surface area contributed by atoms with E-state index in [2.05, 4.69) is 5.32 Å². The Labute approximate surface area is 180 Å². The fraction of sp³-hybridized carbons (Fsp3) is 0.435. The van der Waals surface area contributed by atoms with E-state index in [4.69, 9.17) is 4.74 Å². The molecule has 0 fully saturated rings. The average molecular weight is 433 g/mol. The molecule has 0 saturated carbocycles. The van der Waals surface area contributed by atoms with Crippen LogP contribution in [0.3, 0.4) is 0 Å². The van der Waals surface area contributed by atoms with Crippen molar-refractivity contribution in [3.63, 3.8) is 0 Å². The molecule has 0 spiro atoms. The molecule has 0 saturated heterocycles. The molecule has 30 heavy (non-hydrogen) atoms. The second-order valence-corrected chi connectivity index (χ2v) is 9.37. The molecule has 0 aromatic heterocycles. The highest BCUT2D eigenvalue weighted by Gasteiger charge is 2.33. The van der Waals surface area contributed by atoms with Crippen LogP contribution in [0.4, 0.5) is 5.69 Å². The number of rotatable bonds is 9. The Bertz CT molecular complexity index is 971. The molecule has 1 amide bonds. The van der Waals surface area contributed by atoms with Crippen molar-refractivity contribution in [1.82, 2.24) is 5.32 Å². The SMILES string of the molecule is CC[C@H](C(=O)N[C@H](CC)c1ccc(OC)cc1)N(c1cc(C)ccc1C)S(C)(=O)=O. The van der Waals surface area contributed by atoms with Gasteiger partial charge in [0, 0.05) is 0 Å². The second-order valence-electron chi connectivity index (χ2n) is 7.52. The monoisotopic (exact) mass is 432 g/mol. The van der Waals surface area contributed by atoms with Crippen molar-refractivity contribution < 1.29 is 17.9 Å². The summed E-state index contributed by atoms with van der Waals surface area (Å²) < 4.78 is 31.9. The normalized spacial score (nSPS) is 13.4. The smallest absolute Gasteiger partial charge is 0.244 e. The molecular formula is C23H32N2O4S. The number of nitrogens with zero attached hydrogens (tertiary/aromatic N) is 1. The van der Waals surface area contributed by atoms with Crippen LogP contribution in [0.25, 0.3) is 0 Å². The van der Waals surface area contributed by atoms with Gasteiger partial charge in [0.25, 0.3) is 0 Å². The van der Waals surface area contributed by atoms with Gasteiger partial charge in [-0.05, 0) is 61.6 Å². The van der Waals surface area contributed by atoms with E-state index in [1.807, 2.05) is 70.2 Å². The molecule has 0 aliphatic heterocycles. The summed E-state index contributed by atoms with van der Waals surface area (Å²) in [6.45, 7) is 7.56. The number of sulfonamides is 1. The lowest BCUT2D eigenvalue weighted by Crippen LogP contribution is -2.50. The first-order valence-corrected chi connectivity index (χ1v) is 12.0. The van der Waals surface area contributed by atoms with Crippen molar-refractivity contribution >= 4 is 21.6 Å². The van der Waals surface area contributed by atoms with Crippen LogP contribution >= 0.6 is 0 Å². The number of ether oxygens (including phenoxy) is 1. The summed E-state index contributed by atoms with van der Waals surface area (Å²) in [5.74, 6) is 0.427. The predicted molar refractivity (Wildman–Crippen MR) is 121 cm³/mol. The molecule has 2 atom stereocenters. The molecule has 2 aromatic carbocycles. The van der Waals surface area contributed by atoms with E-state index in [-0.39, 0.29) is 11.9 Å². The Morgan fingerprint density at radius 1 is 1.07 bits per heavy atom. The van der Waals surface area contributed by atoms with Crippen molar-refractivity contribution in [3.05, 3.63) is 59.2 Å². The van der Waals surface area contributed by atoms with Crippen LogP contribution in [0, 0.1) is 13.8 Å². The summed E-state index contributed by atoms with van der Waals surface area (Å²) in [6, 6.07) is 12.1. The number of anilines is 1. The molecule has 7 heteroatoms. The van der Waals surface area contributed by atoms with Gasteiger partial charge in [-0.25, -0.2) is 8.42 Å². The van der Waals surface area contributed by atoms with E-state index in [0.717, 1.165) is 28.7 Å². The van der Waals surface area contributed by atoms with Crippen LogP contribution in [-0.4, -0.2) is 33.7 Å². The van der Waals surface area contributed by atoms with Gasteiger partial charge in [0.05, 0.1) is 25.1 Å². The minimum absolute atomic E-state index is 0.225. The van der Waals surface area contributed by atoms with Crippen molar-refractivity contribution in [3.8, 4) is 5.75 Å². The second kappa shape index (κ2) is 9.98. The number of carbonyl (C=O) groups excluding carboxylic acids is 1. The van der Waals surface area contributed by atoms with Gasteiger partial charge in [-0.2, -0.15) is 0 Å². The van der Waals surface area contributed by atoms with Crippen LogP contribution in [0.5, 0.6) is 5.75 Å². The number of methoxy groups -OCH3 is 1. The Morgan fingerprint density at radius 2 is 1.70 bits per heavy atom. The number of carbonyl (C=O) groups is 1. The van der Waals surface area contributed by atoms with Gasteiger partial charge >= 0.3 is 0 Å². The summed E-state index contributed by atoms with van der Waals surface area (Å²) in [4.78, 5) is 13.3. The van der Waals surface area contributed by atoms with Crippen molar-refractivity contribution in [2.75, 3.05) is 17.7 Å². The Kier molecular flexibility index (Phi) is 7.89. The van der Waals surface area contributed by atoms with Gasteiger partial charge < -0.3 is 10.1 Å². The van der Waals surface area contributed by atoms with Crippen LogP contribution in [-0.2, 0) is 14.8 Å². The maximum absolute atomic E-state index is 13.3. The predicted octanol–water partition coefficient (Wildman–Crippen LogP) is 4.12. The summed E-state index contributed by atoms with van der Waals surface area (Å²) in [6.07, 6.45) is 2.17. The highest BCUT2D eigenvalue weighted by atomic mass is 32.2. The van der Waals surface area contributed by atoms with Crippen LogP contribution in [0.2, 0.25) is 0 Å². The number of aryl methyl sites for hydroxylation is 2. The number of amides is 1. The zero-order valence-electron chi connectivity index (χ0n) is 18.6. The van der Waals surface area contributed by atoms with Crippen molar-refractivity contribution in [2.45, 2.75) is 52.6 Å². The summed E-state index contributed by atoms with van der Waals surface area (Å²) in [5, 5.41) is 3.04. The van der Waals surface area contributed by atoms with Gasteiger partial charge in [-0.3, -0.25) is 9.10 Å². The Hall–Kier alpha value is -2.54. The fourth-order valence-corrected chi connectivity index (χ4v) is 4.78. The van der Waals surface area contributed by atoms with Gasteiger partial charge in [0.2, 0.25) is 15.9 Å². The summed E-state index contributed by atoms with van der Waals surface area (Å²) in [7, 11) is -2.07. The third-order valence-electron chi connectivity index (χ3n) is 5.17. The van der Waals surface area contributed by atoms with Gasteiger partial charge in [0.1, 0.15) is 11.8 Å². The maximum atomic E-state index is 13.3. The topological polar surface area (TPSA) is 75.7 Å². The van der Waals surface area contributed by atoms with Gasteiger partial charge in [0.15, 0.2) is 0 Å². The largest absolute Gasteiger partial charge is 0.497 e. The lowest BCUT2D eigenvalue weighted by molar-refractivity contribution is -0.123. The number of hydrogen-bond donors (Lipinski definition) is 1.